The van der Waals surface area contributed by atoms with E-state index in [2.05, 4.69) is 5.32 Å². The number of benzene rings is 1. The molecule has 1 aromatic carbocycles. The Bertz CT molecular complexity index is 754. The first-order valence-electron chi connectivity index (χ1n) is 7.92. The molecule has 0 radical (unpaired) electrons. The minimum atomic E-state index is -0.968. The van der Waals surface area contributed by atoms with Crippen molar-refractivity contribution in [2.24, 2.45) is 11.8 Å². The lowest BCUT2D eigenvalue weighted by Gasteiger charge is -2.34. The number of rotatable bonds is 5. The summed E-state index contributed by atoms with van der Waals surface area (Å²) in [4.78, 5) is 47.4. The maximum absolute atomic E-state index is 12.3. The highest BCUT2D eigenvalue weighted by molar-refractivity contribution is 6.34. The number of nitrogens with one attached hydrogen (secondary N) is 1. The van der Waals surface area contributed by atoms with Gasteiger partial charge < -0.3 is 15.3 Å². The first-order chi connectivity index (χ1) is 12.2. The molecule has 1 heterocycles. The molecule has 2 N–H and O–H groups in total. The monoisotopic (exact) mass is 383 g/mol. The van der Waals surface area contributed by atoms with Crippen LogP contribution in [0.15, 0.2) is 18.2 Å². The van der Waals surface area contributed by atoms with Crippen molar-refractivity contribution in [3.05, 3.63) is 38.9 Å². The Morgan fingerprint density at radius 2 is 2.08 bits per heavy atom. The van der Waals surface area contributed by atoms with Crippen LogP contribution in [-0.2, 0) is 9.59 Å². The number of nitro groups is 1. The molecule has 2 unspecified atom stereocenters. The number of hydrogen-bond acceptors (Lipinski definition) is 5. The lowest BCUT2D eigenvalue weighted by atomic mass is 9.90. The van der Waals surface area contributed by atoms with Gasteiger partial charge in [0, 0.05) is 19.2 Å². The fourth-order valence-electron chi connectivity index (χ4n) is 2.98. The van der Waals surface area contributed by atoms with Crippen molar-refractivity contribution in [3.63, 3.8) is 0 Å². The molecule has 2 atom stereocenters. The van der Waals surface area contributed by atoms with Crippen LogP contribution in [0.1, 0.15) is 23.7 Å². The molecule has 1 aliphatic heterocycles. The van der Waals surface area contributed by atoms with Crippen LogP contribution in [0.2, 0.25) is 5.02 Å². The van der Waals surface area contributed by atoms with Crippen molar-refractivity contribution in [2.75, 3.05) is 19.6 Å². The number of carboxylic acids is 1. The molecule has 9 nitrogen and oxygen atoms in total. The third-order valence-electron chi connectivity index (χ3n) is 4.18. The summed E-state index contributed by atoms with van der Waals surface area (Å²) in [6, 6.07) is 3.84. The zero-order chi connectivity index (χ0) is 19.4. The summed E-state index contributed by atoms with van der Waals surface area (Å²) in [6.07, 6.45) is 0.483. The number of hydrogen-bond donors (Lipinski definition) is 2. The van der Waals surface area contributed by atoms with Gasteiger partial charge in [0.2, 0.25) is 5.91 Å². The number of likely N-dealkylation sites (tertiary alicyclic amines) is 1. The minimum Gasteiger partial charge on any atom is -0.481 e. The average molecular weight is 384 g/mol. The SMILES string of the molecule is CC1CC(C(=O)O)CN(C(=O)CNC(=O)c2c(Cl)cccc2[N+](=O)[O-])C1. The summed E-state index contributed by atoms with van der Waals surface area (Å²) < 4.78 is 0. The summed E-state index contributed by atoms with van der Waals surface area (Å²) in [7, 11) is 0. The predicted molar refractivity (Wildman–Crippen MR) is 91.9 cm³/mol. The Kier molecular flexibility index (Phi) is 6.14. The van der Waals surface area contributed by atoms with Crippen LogP contribution in [0.5, 0.6) is 0 Å². The Labute approximate surface area is 154 Å². The van der Waals surface area contributed by atoms with Crippen LogP contribution in [0, 0.1) is 22.0 Å². The van der Waals surface area contributed by atoms with Gasteiger partial charge >= 0.3 is 5.97 Å². The van der Waals surface area contributed by atoms with Crippen molar-refractivity contribution in [2.45, 2.75) is 13.3 Å². The average Bonchev–Trinajstić information content (AvgIpc) is 2.58. The fraction of sp³-hybridized carbons (Fsp3) is 0.438. The normalized spacial score (nSPS) is 19.7. The number of piperidine rings is 1. The lowest BCUT2D eigenvalue weighted by molar-refractivity contribution is -0.385. The van der Waals surface area contributed by atoms with Crippen LogP contribution in [0.3, 0.4) is 0 Å². The van der Waals surface area contributed by atoms with E-state index in [-0.39, 0.29) is 23.0 Å². The molecule has 140 valence electrons. The maximum atomic E-state index is 12.3. The molecular formula is C16H18ClN3O6. The van der Waals surface area contributed by atoms with Gasteiger partial charge in [0.25, 0.3) is 11.6 Å². The number of carbonyl (C=O) groups is 3. The Morgan fingerprint density at radius 3 is 2.69 bits per heavy atom. The topological polar surface area (TPSA) is 130 Å². The van der Waals surface area contributed by atoms with Crippen LogP contribution >= 0.6 is 11.6 Å². The molecule has 0 aliphatic carbocycles. The second-order valence-corrected chi connectivity index (χ2v) is 6.66. The zero-order valence-corrected chi connectivity index (χ0v) is 14.7. The third kappa shape index (κ3) is 4.48. The van der Waals surface area contributed by atoms with Gasteiger partial charge in [-0.2, -0.15) is 0 Å². The van der Waals surface area contributed by atoms with Crippen molar-refractivity contribution >= 4 is 35.1 Å². The molecule has 0 aromatic heterocycles. The van der Waals surface area contributed by atoms with Crippen LogP contribution in [0.25, 0.3) is 0 Å². The van der Waals surface area contributed by atoms with E-state index in [1.165, 1.54) is 17.0 Å². The predicted octanol–water partition coefficient (Wildman–Crippen LogP) is 1.55. The van der Waals surface area contributed by atoms with E-state index in [0.29, 0.717) is 13.0 Å². The van der Waals surface area contributed by atoms with Gasteiger partial charge in [-0.15, -0.1) is 0 Å². The molecular weight excluding hydrogens is 366 g/mol. The van der Waals surface area contributed by atoms with E-state index in [0.717, 1.165) is 6.07 Å². The van der Waals surface area contributed by atoms with E-state index in [9.17, 15) is 24.5 Å². The molecule has 1 aromatic rings. The minimum absolute atomic E-state index is 0.0224. The quantitative estimate of drug-likeness (QED) is 0.586. The number of aliphatic carboxylic acids is 1. The molecule has 0 saturated carbocycles. The van der Waals surface area contributed by atoms with Crippen LogP contribution in [-0.4, -0.2) is 52.3 Å². The molecule has 10 heteroatoms. The number of carbonyl (C=O) groups excluding carboxylic acids is 2. The highest BCUT2D eigenvalue weighted by Gasteiger charge is 2.32. The summed E-state index contributed by atoms with van der Waals surface area (Å²) in [5.41, 5.74) is -0.776. The Balaban J connectivity index is 2.05. The number of nitrogens with zero attached hydrogens (tertiary/aromatic N) is 2. The van der Waals surface area contributed by atoms with Crippen molar-refractivity contribution in [1.29, 1.82) is 0 Å². The van der Waals surface area contributed by atoms with E-state index in [1.807, 2.05) is 6.92 Å². The number of nitro benzene ring substituents is 1. The van der Waals surface area contributed by atoms with E-state index in [1.54, 1.807) is 0 Å². The highest BCUT2D eigenvalue weighted by atomic mass is 35.5. The van der Waals surface area contributed by atoms with Gasteiger partial charge in [0.15, 0.2) is 0 Å². The first kappa shape index (κ1) is 19.6. The summed E-state index contributed by atoms with van der Waals surface area (Å²) in [5, 5.41) is 22.4. The molecule has 1 saturated heterocycles. The van der Waals surface area contributed by atoms with Gasteiger partial charge in [-0.05, 0) is 18.4 Å². The molecule has 2 rings (SSSR count). The largest absolute Gasteiger partial charge is 0.481 e. The maximum Gasteiger partial charge on any atom is 0.308 e. The molecule has 1 fully saturated rings. The summed E-state index contributed by atoms with van der Waals surface area (Å²) >= 11 is 5.88. The Hall–Kier alpha value is -2.68. The van der Waals surface area contributed by atoms with E-state index in [4.69, 9.17) is 16.7 Å². The van der Waals surface area contributed by atoms with E-state index >= 15 is 0 Å². The standard InChI is InChI=1S/C16H18ClN3O6/c1-9-5-10(16(23)24)8-19(7-9)13(21)6-18-15(22)14-11(17)3-2-4-12(14)20(25)26/h2-4,9-10H,5-8H2,1H3,(H,18,22)(H,23,24). The molecule has 2 amide bonds. The Morgan fingerprint density at radius 1 is 1.38 bits per heavy atom. The van der Waals surface area contributed by atoms with Crippen molar-refractivity contribution in [1.82, 2.24) is 10.2 Å². The molecule has 0 bridgehead atoms. The number of amides is 2. The first-order valence-corrected chi connectivity index (χ1v) is 8.30. The third-order valence-corrected chi connectivity index (χ3v) is 4.49. The second kappa shape index (κ2) is 8.13. The fourth-order valence-corrected chi connectivity index (χ4v) is 3.24. The lowest BCUT2D eigenvalue weighted by Crippen LogP contribution is -2.48. The van der Waals surface area contributed by atoms with E-state index < -0.39 is 40.9 Å². The number of halogens is 1. The van der Waals surface area contributed by atoms with Crippen molar-refractivity contribution < 1.29 is 24.4 Å². The van der Waals surface area contributed by atoms with Crippen LogP contribution in [0.4, 0.5) is 5.69 Å². The zero-order valence-electron chi connectivity index (χ0n) is 14.0. The number of carboxylic acid groups (broad SMARTS) is 1. The van der Waals surface area contributed by atoms with Gasteiger partial charge in [-0.3, -0.25) is 24.5 Å². The van der Waals surface area contributed by atoms with Gasteiger partial charge in [0.05, 0.1) is 22.4 Å². The van der Waals surface area contributed by atoms with Gasteiger partial charge in [0.1, 0.15) is 5.56 Å². The summed E-state index contributed by atoms with van der Waals surface area (Å²) in [6.45, 7) is 1.91. The highest BCUT2D eigenvalue weighted by Crippen LogP contribution is 2.26. The van der Waals surface area contributed by atoms with Crippen LogP contribution < -0.4 is 5.32 Å². The van der Waals surface area contributed by atoms with Crippen molar-refractivity contribution in [3.8, 4) is 0 Å². The molecule has 1 aliphatic rings. The summed E-state index contributed by atoms with van der Waals surface area (Å²) in [5.74, 6) is -2.89. The van der Waals surface area contributed by atoms with Gasteiger partial charge in [-0.25, -0.2) is 0 Å². The second-order valence-electron chi connectivity index (χ2n) is 6.25. The smallest absolute Gasteiger partial charge is 0.308 e. The van der Waals surface area contributed by atoms with Gasteiger partial charge in [-0.1, -0.05) is 24.6 Å². The molecule has 0 spiro atoms. The molecule has 26 heavy (non-hydrogen) atoms.